The maximum Gasteiger partial charge on any atom is 0.228 e. The van der Waals surface area contributed by atoms with Crippen molar-refractivity contribution in [2.75, 3.05) is 13.1 Å². The Hall–Kier alpha value is -1.06. The van der Waals surface area contributed by atoms with Gasteiger partial charge < -0.3 is 9.80 Å². The zero-order chi connectivity index (χ0) is 15.0. The van der Waals surface area contributed by atoms with E-state index in [0.717, 1.165) is 32.2 Å². The van der Waals surface area contributed by atoms with E-state index in [9.17, 15) is 9.59 Å². The lowest BCUT2D eigenvalue weighted by Crippen LogP contribution is -2.41. The number of rotatable bonds is 5. The predicted octanol–water partition coefficient (Wildman–Crippen LogP) is 2.42. The van der Waals surface area contributed by atoms with Crippen LogP contribution in [0.1, 0.15) is 58.8 Å². The van der Waals surface area contributed by atoms with Gasteiger partial charge in [-0.1, -0.05) is 26.7 Å². The van der Waals surface area contributed by atoms with Gasteiger partial charge in [-0.3, -0.25) is 9.59 Å². The molecule has 0 aromatic carbocycles. The first-order valence-corrected chi connectivity index (χ1v) is 8.66. The van der Waals surface area contributed by atoms with E-state index in [4.69, 9.17) is 0 Å². The van der Waals surface area contributed by atoms with Crippen LogP contribution in [0.3, 0.4) is 0 Å². The van der Waals surface area contributed by atoms with E-state index in [1.54, 1.807) is 0 Å². The summed E-state index contributed by atoms with van der Waals surface area (Å²) in [5.74, 6) is 0.857. The van der Waals surface area contributed by atoms with Crippen molar-refractivity contribution in [1.82, 2.24) is 9.80 Å². The molecule has 0 spiro atoms. The highest BCUT2D eigenvalue weighted by Gasteiger charge is 2.43. The van der Waals surface area contributed by atoms with E-state index in [1.807, 2.05) is 4.90 Å². The molecule has 1 atom stereocenters. The highest BCUT2D eigenvalue weighted by Crippen LogP contribution is 2.33. The molecule has 4 heteroatoms. The molecule has 3 fully saturated rings. The second-order valence-electron chi connectivity index (χ2n) is 7.50. The predicted molar refractivity (Wildman–Crippen MR) is 81.6 cm³/mol. The van der Waals surface area contributed by atoms with Gasteiger partial charge in [-0.15, -0.1) is 0 Å². The minimum atomic E-state index is -0.0857. The van der Waals surface area contributed by atoms with Crippen molar-refractivity contribution in [3.8, 4) is 0 Å². The molecule has 2 saturated carbocycles. The van der Waals surface area contributed by atoms with Gasteiger partial charge in [0, 0.05) is 31.6 Å². The van der Waals surface area contributed by atoms with Gasteiger partial charge >= 0.3 is 0 Å². The van der Waals surface area contributed by atoms with Gasteiger partial charge in [0.05, 0.1) is 5.92 Å². The molecule has 1 heterocycles. The van der Waals surface area contributed by atoms with Gasteiger partial charge in [-0.25, -0.2) is 0 Å². The van der Waals surface area contributed by atoms with Crippen molar-refractivity contribution < 1.29 is 9.59 Å². The molecule has 3 aliphatic rings. The Morgan fingerprint density at radius 2 is 1.90 bits per heavy atom. The van der Waals surface area contributed by atoms with Crippen molar-refractivity contribution in [1.29, 1.82) is 0 Å². The largest absolute Gasteiger partial charge is 0.339 e. The second kappa shape index (κ2) is 5.98. The average molecular weight is 292 g/mol. The highest BCUT2D eigenvalue weighted by atomic mass is 16.2. The van der Waals surface area contributed by atoms with Crippen LogP contribution in [0.4, 0.5) is 0 Å². The third-order valence-electron chi connectivity index (χ3n) is 5.11. The van der Waals surface area contributed by atoms with Gasteiger partial charge in [0.2, 0.25) is 11.8 Å². The summed E-state index contributed by atoms with van der Waals surface area (Å²) in [5.41, 5.74) is 0. The fraction of sp³-hybridized carbons (Fsp3) is 0.882. The van der Waals surface area contributed by atoms with Gasteiger partial charge in [0.1, 0.15) is 0 Å². The number of hydrogen-bond donors (Lipinski definition) is 0. The zero-order valence-corrected chi connectivity index (χ0v) is 13.4. The topological polar surface area (TPSA) is 40.6 Å². The lowest BCUT2D eigenvalue weighted by atomic mass is 10.1. The van der Waals surface area contributed by atoms with Gasteiger partial charge in [-0.2, -0.15) is 0 Å². The third kappa shape index (κ3) is 3.24. The SMILES string of the molecule is CC(C)CN(C(=O)[C@@H]1CC(=O)N(C2CCCC2)C1)C1CC1. The molecule has 0 bridgehead atoms. The Labute approximate surface area is 127 Å². The van der Waals surface area contributed by atoms with Crippen molar-refractivity contribution >= 4 is 11.8 Å². The van der Waals surface area contributed by atoms with Crippen LogP contribution in [0.25, 0.3) is 0 Å². The molecule has 21 heavy (non-hydrogen) atoms. The molecule has 1 aliphatic heterocycles. The molecule has 1 saturated heterocycles. The first-order chi connectivity index (χ1) is 10.1. The molecule has 118 valence electrons. The van der Waals surface area contributed by atoms with Gasteiger partial charge in [0.15, 0.2) is 0 Å². The molecule has 2 amide bonds. The number of hydrogen-bond acceptors (Lipinski definition) is 2. The lowest BCUT2D eigenvalue weighted by molar-refractivity contribution is -0.137. The van der Waals surface area contributed by atoms with E-state index in [-0.39, 0.29) is 17.7 Å². The number of carbonyl (C=O) groups is 2. The third-order valence-corrected chi connectivity index (χ3v) is 5.11. The molecule has 4 nitrogen and oxygen atoms in total. The molecule has 3 rings (SSSR count). The lowest BCUT2D eigenvalue weighted by Gasteiger charge is -2.28. The maximum absolute atomic E-state index is 12.8. The normalized spacial score (nSPS) is 26.9. The van der Waals surface area contributed by atoms with E-state index in [2.05, 4.69) is 18.7 Å². The van der Waals surface area contributed by atoms with Crippen LogP contribution in [0, 0.1) is 11.8 Å². The molecule has 0 aromatic rings. The van der Waals surface area contributed by atoms with Crippen LogP contribution >= 0.6 is 0 Å². The molecule has 0 aromatic heterocycles. The van der Waals surface area contributed by atoms with Crippen LogP contribution in [0.5, 0.6) is 0 Å². The molecule has 2 aliphatic carbocycles. The summed E-state index contributed by atoms with van der Waals surface area (Å²) in [6.45, 7) is 5.84. The Kier molecular flexibility index (Phi) is 4.23. The number of carbonyl (C=O) groups excluding carboxylic acids is 2. The molecular formula is C17H28N2O2. The van der Waals surface area contributed by atoms with Gasteiger partial charge in [0.25, 0.3) is 0 Å². The summed E-state index contributed by atoms with van der Waals surface area (Å²) < 4.78 is 0. The maximum atomic E-state index is 12.8. The summed E-state index contributed by atoms with van der Waals surface area (Å²) in [7, 11) is 0. The number of amides is 2. The Balaban J connectivity index is 1.63. The summed E-state index contributed by atoms with van der Waals surface area (Å²) in [5, 5.41) is 0. The summed E-state index contributed by atoms with van der Waals surface area (Å²) in [6.07, 6.45) is 7.45. The Morgan fingerprint density at radius 3 is 2.48 bits per heavy atom. The van der Waals surface area contributed by atoms with Crippen molar-refractivity contribution in [2.24, 2.45) is 11.8 Å². The number of likely N-dealkylation sites (tertiary alicyclic amines) is 1. The first-order valence-electron chi connectivity index (χ1n) is 8.66. The fourth-order valence-electron chi connectivity index (χ4n) is 3.90. The molecule has 0 radical (unpaired) electrons. The summed E-state index contributed by atoms with van der Waals surface area (Å²) >= 11 is 0. The Bertz CT molecular complexity index is 411. The van der Waals surface area contributed by atoms with Crippen LogP contribution in [-0.4, -0.2) is 46.8 Å². The van der Waals surface area contributed by atoms with Crippen molar-refractivity contribution in [2.45, 2.75) is 70.9 Å². The fourth-order valence-corrected chi connectivity index (χ4v) is 3.90. The highest BCUT2D eigenvalue weighted by molar-refractivity contribution is 5.89. The van der Waals surface area contributed by atoms with Crippen molar-refractivity contribution in [3.63, 3.8) is 0 Å². The van der Waals surface area contributed by atoms with E-state index in [1.165, 1.54) is 12.8 Å². The van der Waals surface area contributed by atoms with Crippen molar-refractivity contribution in [3.05, 3.63) is 0 Å². The quantitative estimate of drug-likeness (QED) is 0.781. The van der Waals surface area contributed by atoms with E-state index >= 15 is 0 Å². The average Bonchev–Trinajstić information content (AvgIpc) is 2.98. The summed E-state index contributed by atoms with van der Waals surface area (Å²) in [6, 6.07) is 0.866. The minimum absolute atomic E-state index is 0.0857. The van der Waals surface area contributed by atoms with E-state index < -0.39 is 0 Å². The standard InChI is InChI=1S/C17H28N2O2/c1-12(2)10-19(15-7-8-15)17(21)13-9-16(20)18(11-13)14-5-3-4-6-14/h12-15H,3-11H2,1-2H3/t13-/m1/s1. The molecule has 0 N–H and O–H groups in total. The van der Waals surface area contributed by atoms with E-state index in [0.29, 0.717) is 31.0 Å². The monoisotopic (exact) mass is 292 g/mol. The van der Waals surface area contributed by atoms with Crippen LogP contribution in [-0.2, 0) is 9.59 Å². The first kappa shape index (κ1) is 14.9. The smallest absolute Gasteiger partial charge is 0.228 e. The second-order valence-corrected chi connectivity index (χ2v) is 7.50. The molecule has 0 unspecified atom stereocenters. The zero-order valence-electron chi connectivity index (χ0n) is 13.4. The van der Waals surface area contributed by atoms with Crippen LogP contribution in [0.2, 0.25) is 0 Å². The number of nitrogens with zero attached hydrogens (tertiary/aromatic N) is 2. The Morgan fingerprint density at radius 1 is 1.24 bits per heavy atom. The van der Waals surface area contributed by atoms with Crippen LogP contribution in [0.15, 0.2) is 0 Å². The van der Waals surface area contributed by atoms with Crippen LogP contribution < -0.4 is 0 Å². The summed E-state index contributed by atoms with van der Waals surface area (Å²) in [4.78, 5) is 29.2. The minimum Gasteiger partial charge on any atom is -0.339 e. The molecular weight excluding hydrogens is 264 g/mol. The van der Waals surface area contributed by atoms with Gasteiger partial charge in [-0.05, 0) is 31.6 Å².